The average Bonchev–Trinajstić information content (AvgIpc) is 2.77. The Kier molecular flexibility index (Phi) is 38.9. The number of nitrogens with zero attached hydrogens (tertiary/aromatic N) is 2. The van der Waals surface area contributed by atoms with Gasteiger partial charge in [0.1, 0.15) is 0 Å². The van der Waals surface area contributed by atoms with Crippen LogP contribution >= 0.6 is 0 Å². The van der Waals surface area contributed by atoms with Gasteiger partial charge in [0.15, 0.2) is 0 Å². The summed E-state index contributed by atoms with van der Waals surface area (Å²) in [5.41, 5.74) is 0. The molecule has 0 atom stereocenters. The van der Waals surface area contributed by atoms with Crippen molar-refractivity contribution in [2.24, 2.45) is 0 Å². The molecular formula is C31H71ClN2O. The Morgan fingerprint density at radius 2 is 0.514 bits per heavy atom. The molecule has 0 radical (unpaired) electrons. The maximum Gasteiger partial charge on any atom is 0.0780 e. The van der Waals surface area contributed by atoms with Crippen molar-refractivity contribution in [3.8, 4) is 0 Å². The van der Waals surface area contributed by atoms with Gasteiger partial charge in [-0.15, -0.1) is 0 Å². The van der Waals surface area contributed by atoms with E-state index in [0.717, 1.165) is 16.1 Å². The third-order valence-corrected chi connectivity index (χ3v) is 6.36. The quantitative estimate of drug-likeness (QED) is 0.141. The van der Waals surface area contributed by atoms with E-state index < -0.39 is 0 Å². The van der Waals surface area contributed by atoms with Crippen LogP contribution in [0.5, 0.6) is 0 Å². The summed E-state index contributed by atoms with van der Waals surface area (Å²) in [5, 5.41) is 8.25. The summed E-state index contributed by atoms with van der Waals surface area (Å²) < 4.78 is 2.24. The highest BCUT2D eigenvalue weighted by Gasteiger charge is 2.05. The molecule has 4 heteroatoms. The number of halogens is 1. The summed E-state index contributed by atoms with van der Waals surface area (Å²) >= 11 is 0. The van der Waals surface area contributed by atoms with E-state index in [1.165, 1.54) is 142 Å². The maximum absolute atomic E-state index is 8.25. The van der Waals surface area contributed by atoms with Gasteiger partial charge < -0.3 is 26.5 Å². The van der Waals surface area contributed by atoms with E-state index >= 15 is 0 Å². The molecule has 0 aliphatic heterocycles. The number of rotatable bonds is 22. The van der Waals surface area contributed by atoms with Gasteiger partial charge in [0, 0.05) is 0 Å². The summed E-state index contributed by atoms with van der Waals surface area (Å²) in [4.78, 5) is 0. The average molecular weight is 523 g/mol. The molecule has 0 aromatic heterocycles. The summed E-state index contributed by atoms with van der Waals surface area (Å²) in [7, 11) is 14.5. The first-order chi connectivity index (χ1) is 16.1. The van der Waals surface area contributed by atoms with E-state index in [4.69, 9.17) is 5.11 Å². The predicted octanol–water partition coefficient (Wildman–Crippen LogP) is 5.21. The van der Waals surface area contributed by atoms with Crippen molar-refractivity contribution in [3.05, 3.63) is 0 Å². The van der Waals surface area contributed by atoms with Crippen molar-refractivity contribution in [2.75, 3.05) is 62.5 Å². The van der Waals surface area contributed by atoms with Gasteiger partial charge in [-0.1, -0.05) is 117 Å². The second-order valence-corrected chi connectivity index (χ2v) is 12.4. The van der Waals surface area contributed by atoms with Gasteiger partial charge in [-0.05, 0) is 25.7 Å². The minimum atomic E-state index is 0. The van der Waals surface area contributed by atoms with Crippen LogP contribution < -0.4 is 17.5 Å². The largest absolute Gasteiger partial charge is 1.00 e. The van der Waals surface area contributed by atoms with Gasteiger partial charge in [0.2, 0.25) is 0 Å². The molecule has 0 spiro atoms. The van der Waals surface area contributed by atoms with E-state index in [1.54, 1.807) is 0 Å². The van der Waals surface area contributed by atoms with Crippen LogP contribution in [0.2, 0.25) is 0 Å². The Balaban J connectivity index is -0.000000249. The Morgan fingerprint density at radius 3 is 0.686 bits per heavy atom. The molecule has 0 unspecified atom stereocenters. The zero-order chi connectivity index (χ0) is 26.6. The maximum atomic E-state index is 8.25. The topological polar surface area (TPSA) is 23.1 Å². The third-order valence-electron chi connectivity index (χ3n) is 6.36. The zero-order valence-corrected chi connectivity index (χ0v) is 27.0. The van der Waals surface area contributed by atoms with Gasteiger partial charge in [-0.2, -0.15) is 7.11 Å². The molecular weight excluding hydrogens is 452 g/mol. The molecule has 0 saturated heterocycles. The second kappa shape index (κ2) is 32.2. The minimum absolute atomic E-state index is 0. The minimum Gasteiger partial charge on any atom is -1.00 e. The number of hydrogen-bond donors (Lipinski definition) is 0. The van der Waals surface area contributed by atoms with Crippen LogP contribution in [0.25, 0.3) is 0 Å². The molecule has 0 rings (SSSR count). The van der Waals surface area contributed by atoms with Gasteiger partial charge in [0.25, 0.3) is 0 Å². The molecule has 0 aliphatic carbocycles. The Bertz CT molecular complexity index is 317. The Morgan fingerprint density at radius 1 is 0.343 bits per heavy atom. The monoisotopic (exact) mass is 523 g/mol. The number of unbranched alkanes of at least 4 members (excludes halogenated alkanes) is 18. The normalized spacial score (nSPS) is 11.1. The lowest BCUT2D eigenvalue weighted by Crippen LogP contribution is -3.00. The zero-order valence-electron chi connectivity index (χ0n) is 26.2. The van der Waals surface area contributed by atoms with E-state index in [1.807, 2.05) is 0 Å². The smallest absolute Gasteiger partial charge is 0.0780 e. The van der Waals surface area contributed by atoms with Crippen LogP contribution in [0.3, 0.4) is 0 Å². The van der Waals surface area contributed by atoms with Crippen molar-refractivity contribution in [3.63, 3.8) is 0 Å². The molecule has 0 amide bonds. The third kappa shape index (κ3) is 51.6. The van der Waals surface area contributed by atoms with E-state index in [9.17, 15) is 0 Å². The lowest BCUT2D eigenvalue weighted by atomic mass is 10.1. The van der Waals surface area contributed by atoms with Crippen molar-refractivity contribution in [2.45, 2.75) is 142 Å². The van der Waals surface area contributed by atoms with Gasteiger partial charge in [-0.3, -0.25) is 0 Å². The second-order valence-electron chi connectivity index (χ2n) is 12.4. The van der Waals surface area contributed by atoms with Crippen LogP contribution in [0.4, 0.5) is 0 Å². The fraction of sp³-hybridized carbons (Fsp3) is 1.00. The fourth-order valence-electron chi connectivity index (χ4n) is 4.15. The molecule has 0 aliphatic rings. The molecule has 0 bridgehead atoms. The van der Waals surface area contributed by atoms with E-state index in [0.29, 0.717) is 0 Å². The van der Waals surface area contributed by atoms with E-state index in [2.05, 4.69) is 56.1 Å². The summed E-state index contributed by atoms with van der Waals surface area (Å²) in [6, 6.07) is 0. The fourth-order valence-corrected chi connectivity index (χ4v) is 4.15. The van der Waals surface area contributed by atoms with Gasteiger partial charge in [-0.25, -0.2) is 0 Å². The molecule has 0 saturated carbocycles. The lowest BCUT2D eigenvalue weighted by Gasteiger charge is -2.23. The van der Waals surface area contributed by atoms with Crippen molar-refractivity contribution in [1.29, 1.82) is 0 Å². The van der Waals surface area contributed by atoms with Crippen molar-refractivity contribution >= 4 is 0 Å². The lowest BCUT2D eigenvalue weighted by molar-refractivity contribution is -0.870. The first-order valence-electron chi connectivity index (χ1n) is 15.1. The van der Waals surface area contributed by atoms with Gasteiger partial charge >= 0.3 is 0 Å². The summed E-state index contributed by atoms with van der Waals surface area (Å²) in [6.45, 7) is 7.23. The standard InChI is InChI=1S/2C15H34N.CH3O.ClH/c2*1-5-6-7-8-9-10-11-12-13-14-15-16(2,3)4;1-2;/h2*5-15H2,1-4H3;1H3;1H/q2*+1;-1;/p-1. The SMILES string of the molecule is CCCCCCCCCCCC[N+](C)(C)C.CCCCCCCCCCCC[N+](C)(C)C.C[O-].[Cl-]. The van der Waals surface area contributed by atoms with Crippen LogP contribution in [-0.2, 0) is 0 Å². The first kappa shape index (κ1) is 42.3. The highest BCUT2D eigenvalue weighted by atomic mass is 35.5. The Hall–Kier alpha value is 0.170. The van der Waals surface area contributed by atoms with Crippen molar-refractivity contribution < 1.29 is 26.5 Å². The van der Waals surface area contributed by atoms with Crippen LogP contribution in [0.15, 0.2) is 0 Å². The molecule has 0 aromatic rings. The summed E-state index contributed by atoms with van der Waals surface area (Å²) in [5.74, 6) is 0. The van der Waals surface area contributed by atoms with Crippen LogP contribution in [0.1, 0.15) is 142 Å². The molecule has 0 heterocycles. The molecule has 3 nitrogen and oxygen atoms in total. The summed E-state index contributed by atoms with van der Waals surface area (Å²) in [6.07, 6.45) is 28.8. The molecule has 0 N–H and O–H groups in total. The molecule has 35 heavy (non-hydrogen) atoms. The molecule has 0 fully saturated rings. The van der Waals surface area contributed by atoms with Crippen LogP contribution in [0, 0.1) is 0 Å². The first-order valence-corrected chi connectivity index (χ1v) is 15.1. The Labute approximate surface area is 231 Å². The van der Waals surface area contributed by atoms with Gasteiger partial charge in [0.05, 0.1) is 55.4 Å². The highest BCUT2D eigenvalue weighted by molar-refractivity contribution is 4.48. The predicted molar refractivity (Wildman–Crippen MR) is 155 cm³/mol. The highest BCUT2D eigenvalue weighted by Crippen LogP contribution is 2.12. The number of quaternary nitrogens is 2. The molecule has 0 aromatic carbocycles. The van der Waals surface area contributed by atoms with E-state index in [-0.39, 0.29) is 12.4 Å². The molecule has 218 valence electrons. The van der Waals surface area contributed by atoms with Crippen molar-refractivity contribution in [1.82, 2.24) is 0 Å². The van der Waals surface area contributed by atoms with Crippen LogP contribution in [-0.4, -0.2) is 71.5 Å². The number of hydrogen-bond acceptors (Lipinski definition) is 1.